The van der Waals surface area contributed by atoms with E-state index in [0.717, 1.165) is 23.1 Å². The number of ether oxygens (including phenoxy) is 1. The summed E-state index contributed by atoms with van der Waals surface area (Å²) < 4.78 is 19.4. The molecule has 5 N–H and O–H groups in total. The van der Waals surface area contributed by atoms with Crippen molar-refractivity contribution in [3.8, 4) is 17.0 Å². The number of aliphatic imine (C=N–C) groups is 1. The molecule has 4 rings (SSSR count). The normalized spacial score (nSPS) is 14.7. The number of nitrogens with one attached hydrogen (secondary N) is 2. The zero-order valence-corrected chi connectivity index (χ0v) is 19.2. The molecule has 35 heavy (non-hydrogen) atoms. The molecule has 1 amide bonds. The Labute approximate surface area is 202 Å². The number of hydrogen-bond acceptors (Lipinski definition) is 7. The van der Waals surface area contributed by atoms with Gasteiger partial charge in [0, 0.05) is 66.1 Å². The van der Waals surface area contributed by atoms with Crippen molar-refractivity contribution in [3.63, 3.8) is 0 Å². The molecule has 1 aliphatic heterocycles. The van der Waals surface area contributed by atoms with Crippen LogP contribution in [0.5, 0.6) is 5.75 Å². The van der Waals surface area contributed by atoms with E-state index in [1.165, 1.54) is 18.3 Å². The molecule has 0 aliphatic carbocycles. The topological polar surface area (TPSA) is 122 Å². The summed E-state index contributed by atoms with van der Waals surface area (Å²) in [7, 11) is 1.64. The van der Waals surface area contributed by atoms with E-state index in [2.05, 4.69) is 15.6 Å². The number of hydrogen-bond donors (Lipinski definition) is 4. The number of amides is 1. The molecule has 1 aromatic heterocycles. The van der Waals surface area contributed by atoms with Crippen molar-refractivity contribution in [2.45, 2.75) is 12.5 Å². The molecule has 1 atom stereocenters. The van der Waals surface area contributed by atoms with Gasteiger partial charge in [0.15, 0.2) is 5.75 Å². The van der Waals surface area contributed by atoms with E-state index in [-0.39, 0.29) is 17.8 Å². The number of aromatic nitrogens is 1. The van der Waals surface area contributed by atoms with E-state index in [4.69, 9.17) is 20.6 Å². The maximum absolute atomic E-state index is 13.5. The third-order valence-corrected chi connectivity index (χ3v) is 5.60. The monoisotopic (exact) mass is 475 g/mol. The second-order valence-electron chi connectivity index (χ2n) is 7.97. The zero-order chi connectivity index (χ0) is 24.8. The number of nitrogen functional groups attached to an aromatic ring is 1. The van der Waals surface area contributed by atoms with Gasteiger partial charge in [0.25, 0.3) is 5.91 Å². The fourth-order valence-corrected chi connectivity index (χ4v) is 3.88. The van der Waals surface area contributed by atoms with Gasteiger partial charge in [0.2, 0.25) is 0 Å². The summed E-state index contributed by atoms with van der Waals surface area (Å²) in [6.45, 7) is 0.709. The van der Waals surface area contributed by atoms with Crippen LogP contribution in [0, 0.1) is 5.82 Å². The maximum atomic E-state index is 13.5. The summed E-state index contributed by atoms with van der Waals surface area (Å²) >= 11 is 0. The van der Waals surface area contributed by atoms with Gasteiger partial charge in [-0.3, -0.25) is 9.79 Å². The van der Waals surface area contributed by atoms with Crippen molar-refractivity contribution in [1.82, 2.24) is 15.6 Å². The molecule has 180 valence electrons. The van der Waals surface area contributed by atoms with Crippen LogP contribution >= 0.6 is 0 Å². The van der Waals surface area contributed by atoms with E-state index in [1.807, 2.05) is 6.07 Å². The highest BCUT2D eigenvalue weighted by Gasteiger charge is 2.28. The number of nitrogens with zero attached hydrogens (tertiary/aromatic N) is 2. The molecule has 0 spiro atoms. The number of carbonyl (C=O) groups excluding carboxylic acids is 1. The smallest absolute Gasteiger partial charge is 0.251 e. The molecule has 0 saturated carbocycles. The third-order valence-electron chi connectivity index (χ3n) is 5.60. The molecule has 0 bridgehead atoms. The van der Waals surface area contributed by atoms with Crippen LogP contribution in [0.2, 0.25) is 0 Å². The van der Waals surface area contributed by atoms with Crippen LogP contribution in [-0.4, -0.2) is 42.4 Å². The molecular weight excluding hydrogens is 449 g/mol. The van der Waals surface area contributed by atoms with Crippen molar-refractivity contribution in [1.29, 1.82) is 0 Å². The minimum absolute atomic E-state index is 0.183. The lowest BCUT2D eigenvalue weighted by Crippen LogP contribution is -2.26. The molecule has 9 heteroatoms. The summed E-state index contributed by atoms with van der Waals surface area (Å²) in [5, 5.41) is 15.0. The number of aliphatic hydroxyl groups excluding tert-OH is 1. The van der Waals surface area contributed by atoms with Gasteiger partial charge in [-0.2, -0.15) is 0 Å². The quantitative estimate of drug-likeness (QED) is 0.225. The Hall–Kier alpha value is -4.40. The lowest BCUT2D eigenvalue weighted by atomic mass is 10.0. The van der Waals surface area contributed by atoms with Crippen molar-refractivity contribution in [2.75, 3.05) is 25.9 Å². The van der Waals surface area contributed by atoms with E-state index < -0.39 is 0 Å². The lowest BCUT2D eigenvalue weighted by molar-refractivity contribution is 0.0954. The Kier molecular flexibility index (Phi) is 7.25. The molecule has 0 radical (unpaired) electrons. The minimum atomic E-state index is -0.339. The summed E-state index contributed by atoms with van der Waals surface area (Å²) in [6, 6.07) is 12.8. The molecule has 0 fully saturated rings. The standard InChI is InChI=1S/C26H26FN5O3/c1-29-14-18-12-17(4-7-22(18)28)26(34)31-9-8-20-13-21-23(30-10-11-33)15-35-25(21)24(32-20)16-2-5-19(27)6-3-16/h2-7,10-14,23,30,33H,8-9,15,28H2,1H3,(H,31,34)/b11-10+,29-14?. The van der Waals surface area contributed by atoms with Crippen LogP contribution in [0.3, 0.4) is 0 Å². The number of fused-ring (bicyclic) bond motifs is 1. The summed E-state index contributed by atoms with van der Waals surface area (Å²) in [5.74, 6) is 0.0423. The van der Waals surface area contributed by atoms with Crippen LogP contribution < -0.4 is 21.1 Å². The Morgan fingerprint density at radius 2 is 2.09 bits per heavy atom. The molecule has 2 aromatic carbocycles. The molecule has 8 nitrogen and oxygen atoms in total. The van der Waals surface area contributed by atoms with Crippen molar-refractivity contribution < 1.29 is 19.0 Å². The summed E-state index contributed by atoms with van der Waals surface area (Å²) in [4.78, 5) is 21.4. The van der Waals surface area contributed by atoms with Crippen molar-refractivity contribution >= 4 is 17.8 Å². The molecular formula is C26H26FN5O3. The predicted molar refractivity (Wildman–Crippen MR) is 133 cm³/mol. The fourth-order valence-electron chi connectivity index (χ4n) is 3.88. The van der Waals surface area contributed by atoms with Crippen molar-refractivity contribution in [2.24, 2.45) is 4.99 Å². The number of nitrogens with two attached hydrogens (primary N) is 1. The van der Waals surface area contributed by atoms with Crippen molar-refractivity contribution in [3.05, 3.63) is 89.2 Å². The molecule has 0 saturated heterocycles. The molecule has 3 aromatic rings. The van der Waals surface area contributed by atoms with E-state index in [1.54, 1.807) is 43.6 Å². The number of pyridine rings is 1. The minimum Gasteiger partial charge on any atom is -0.514 e. The van der Waals surface area contributed by atoms with Gasteiger partial charge in [-0.15, -0.1) is 0 Å². The summed E-state index contributed by atoms with van der Waals surface area (Å²) in [6.07, 6.45) is 4.43. The van der Waals surface area contributed by atoms with E-state index >= 15 is 0 Å². The fraction of sp³-hybridized carbons (Fsp3) is 0.192. The van der Waals surface area contributed by atoms with Gasteiger partial charge < -0.3 is 26.2 Å². The second kappa shape index (κ2) is 10.7. The largest absolute Gasteiger partial charge is 0.514 e. The van der Waals surface area contributed by atoms with Crippen LogP contribution in [0.25, 0.3) is 11.3 Å². The number of benzene rings is 2. The average Bonchev–Trinajstić information content (AvgIpc) is 3.27. The Morgan fingerprint density at radius 3 is 2.83 bits per heavy atom. The van der Waals surface area contributed by atoms with Gasteiger partial charge >= 0.3 is 0 Å². The predicted octanol–water partition coefficient (Wildman–Crippen LogP) is 3.54. The first-order valence-corrected chi connectivity index (χ1v) is 11.1. The first-order valence-electron chi connectivity index (χ1n) is 11.1. The van der Waals surface area contributed by atoms with Gasteiger partial charge in [-0.25, -0.2) is 9.37 Å². The maximum Gasteiger partial charge on any atom is 0.251 e. The average molecular weight is 476 g/mol. The van der Waals surface area contributed by atoms with E-state index in [9.17, 15) is 9.18 Å². The van der Waals surface area contributed by atoms with Gasteiger partial charge in [-0.05, 0) is 48.5 Å². The lowest BCUT2D eigenvalue weighted by Gasteiger charge is -2.13. The molecule has 1 aliphatic rings. The number of anilines is 1. The Balaban J connectivity index is 1.54. The Bertz CT molecular complexity index is 1270. The first kappa shape index (κ1) is 23.7. The van der Waals surface area contributed by atoms with Gasteiger partial charge in [0.1, 0.15) is 18.1 Å². The summed E-state index contributed by atoms with van der Waals surface area (Å²) in [5.41, 5.74) is 10.6. The number of rotatable bonds is 8. The van der Waals surface area contributed by atoms with Crippen LogP contribution in [-0.2, 0) is 6.42 Å². The first-order chi connectivity index (χ1) is 17.0. The van der Waals surface area contributed by atoms with Gasteiger partial charge in [-0.1, -0.05) is 0 Å². The molecule has 2 heterocycles. The third kappa shape index (κ3) is 5.40. The molecule has 1 unspecified atom stereocenters. The highest BCUT2D eigenvalue weighted by atomic mass is 19.1. The van der Waals surface area contributed by atoms with Crippen LogP contribution in [0.15, 0.2) is 66.0 Å². The SMILES string of the molecule is CN=Cc1cc(C(=O)NCCc2cc3c(c(-c4ccc(F)cc4)n2)OCC3N/C=C/O)ccc1N. The second-order valence-corrected chi connectivity index (χ2v) is 7.97. The van der Waals surface area contributed by atoms with Crippen LogP contribution in [0.4, 0.5) is 10.1 Å². The zero-order valence-electron chi connectivity index (χ0n) is 19.2. The Morgan fingerprint density at radius 1 is 1.29 bits per heavy atom. The van der Waals surface area contributed by atoms with Gasteiger partial charge in [0.05, 0.1) is 12.3 Å². The number of halogens is 1. The number of aliphatic hydroxyl groups is 1. The highest BCUT2D eigenvalue weighted by molar-refractivity contribution is 5.98. The van der Waals surface area contributed by atoms with E-state index in [0.29, 0.717) is 47.8 Å². The highest BCUT2D eigenvalue weighted by Crippen LogP contribution is 2.40. The number of carbonyl (C=O) groups is 1. The van der Waals surface area contributed by atoms with Crippen LogP contribution in [0.1, 0.15) is 33.2 Å².